The van der Waals surface area contributed by atoms with Gasteiger partial charge < -0.3 is 4.90 Å². The van der Waals surface area contributed by atoms with Crippen molar-refractivity contribution < 1.29 is 0 Å². The Balaban J connectivity index is 1.21. The van der Waals surface area contributed by atoms with E-state index in [1.807, 2.05) is 0 Å². The van der Waals surface area contributed by atoms with E-state index >= 15 is 0 Å². The van der Waals surface area contributed by atoms with E-state index in [-0.39, 0.29) is 11.0 Å². The molecule has 0 amide bonds. The Morgan fingerprint density at radius 2 is 1.15 bits per heavy atom. The monoisotopic (exact) mass is 617 g/mol. The molecule has 2 unspecified atom stereocenters. The highest BCUT2D eigenvalue weighted by atomic mass is 15.3. The molecular formula is C47H39N. The summed E-state index contributed by atoms with van der Waals surface area (Å²) in [6, 6.07) is 50.4. The third-order valence-corrected chi connectivity index (χ3v) is 12.5. The van der Waals surface area contributed by atoms with Crippen LogP contribution in [0.5, 0.6) is 0 Å². The van der Waals surface area contributed by atoms with Gasteiger partial charge in [-0.2, -0.15) is 0 Å². The SMILES string of the molecule is Cc1cc(-c2ccc3ccc4c(-c5cccc6ccccc56)ccc5ccc2c3c54)cc2c1N(c1ccccc1)C1(C)CCCCC21C. The predicted octanol–water partition coefficient (Wildman–Crippen LogP) is 13.1. The molecule has 1 fully saturated rings. The number of fused-ring (bicyclic) bond motifs is 4. The minimum absolute atomic E-state index is 0.0407. The van der Waals surface area contributed by atoms with E-state index < -0.39 is 0 Å². The van der Waals surface area contributed by atoms with Crippen LogP contribution in [0.2, 0.25) is 0 Å². The van der Waals surface area contributed by atoms with Crippen LogP contribution >= 0.6 is 0 Å². The van der Waals surface area contributed by atoms with E-state index in [2.05, 4.69) is 159 Å². The number of benzene rings is 8. The Bertz CT molecular complexity index is 2560. The lowest BCUT2D eigenvalue weighted by Gasteiger charge is -2.50. The summed E-state index contributed by atoms with van der Waals surface area (Å²) in [5.41, 5.74) is 11.0. The molecule has 0 aromatic heterocycles. The lowest BCUT2D eigenvalue weighted by Crippen LogP contribution is -2.54. The van der Waals surface area contributed by atoms with Gasteiger partial charge in [0, 0.05) is 16.8 Å². The number of rotatable bonds is 3. The maximum absolute atomic E-state index is 2.71. The van der Waals surface area contributed by atoms with Gasteiger partial charge in [0.1, 0.15) is 0 Å². The summed E-state index contributed by atoms with van der Waals surface area (Å²) in [6.07, 6.45) is 5.00. The second kappa shape index (κ2) is 9.94. The fourth-order valence-corrected chi connectivity index (χ4v) is 9.91. The van der Waals surface area contributed by atoms with Crippen LogP contribution in [0.4, 0.5) is 11.4 Å². The molecular weight excluding hydrogens is 579 g/mol. The molecule has 1 nitrogen and oxygen atoms in total. The highest BCUT2D eigenvalue weighted by Crippen LogP contribution is 2.62. The van der Waals surface area contributed by atoms with Gasteiger partial charge in [0.25, 0.3) is 0 Å². The van der Waals surface area contributed by atoms with Gasteiger partial charge in [0.2, 0.25) is 0 Å². The molecule has 8 aromatic rings. The largest absolute Gasteiger partial charge is 0.334 e. The minimum Gasteiger partial charge on any atom is -0.334 e. The molecule has 2 aliphatic rings. The van der Waals surface area contributed by atoms with Crippen LogP contribution < -0.4 is 4.90 Å². The molecule has 0 bridgehead atoms. The Morgan fingerprint density at radius 3 is 1.94 bits per heavy atom. The van der Waals surface area contributed by atoms with Gasteiger partial charge in [0.15, 0.2) is 0 Å². The molecule has 0 N–H and O–H groups in total. The molecule has 1 aliphatic heterocycles. The molecule has 8 aromatic carbocycles. The zero-order valence-electron chi connectivity index (χ0n) is 28.0. The van der Waals surface area contributed by atoms with Crippen molar-refractivity contribution in [3.63, 3.8) is 0 Å². The standard InChI is InChI=1S/C47H39N/c1-30-28-34(29-42-45(30)48(35-14-5-4-6-15-35)47(3)27-10-9-26-46(42,47)2)37-22-18-32-21-25-41-39(23-19-33-20-24-40(37)43(32)44(33)41)38-17-11-13-31-12-7-8-16-36(31)38/h4-8,11-25,28-29H,9-10,26-27H2,1-3H3. The summed E-state index contributed by atoms with van der Waals surface area (Å²) < 4.78 is 0. The third kappa shape index (κ3) is 3.62. The molecule has 2 atom stereocenters. The second-order valence-corrected chi connectivity index (χ2v) is 14.8. The minimum atomic E-state index is 0.0407. The van der Waals surface area contributed by atoms with Gasteiger partial charge in [-0.15, -0.1) is 0 Å². The van der Waals surface area contributed by atoms with Crippen molar-refractivity contribution >= 4 is 54.5 Å². The summed E-state index contributed by atoms with van der Waals surface area (Å²) in [6.45, 7) is 7.42. The van der Waals surface area contributed by atoms with Gasteiger partial charge in [-0.05, 0) is 127 Å². The Labute approximate surface area is 282 Å². The maximum atomic E-state index is 2.71. The van der Waals surface area contributed by atoms with Gasteiger partial charge in [0.05, 0.1) is 5.54 Å². The molecule has 0 saturated heterocycles. The highest BCUT2D eigenvalue weighted by Gasteiger charge is 2.58. The van der Waals surface area contributed by atoms with E-state index in [9.17, 15) is 0 Å². The van der Waals surface area contributed by atoms with Crippen LogP contribution in [0.15, 0.2) is 133 Å². The number of para-hydroxylation sites is 1. The maximum Gasteiger partial charge on any atom is 0.0518 e. The Hall–Kier alpha value is -5.14. The number of anilines is 2. The average Bonchev–Trinajstić information content (AvgIpc) is 3.34. The fraction of sp³-hybridized carbons (Fsp3) is 0.191. The van der Waals surface area contributed by atoms with Crippen LogP contribution in [-0.2, 0) is 5.41 Å². The van der Waals surface area contributed by atoms with Crippen LogP contribution in [0.3, 0.4) is 0 Å². The van der Waals surface area contributed by atoms with E-state index in [1.165, 1.54) is 114 Å². The van der Waals surface area contributed by atoms with Crippen molar-refractivity contribution in [1.29, 1.82) is 0 Å². The van der Waals surface area contributed by atoms with Crippen molar-refractivity contribution in [2.45, 2.75) is 57.4 Å². The van der Waals surface area contributed by atoms with Gasteiger partial charge >= 0.3 is 0 Å². The first kappa shape index (κ1) is 27.9. The summed E-state index contributed by atoms with van der Waals surface area (Å²) >= 11 is 0. The van der Waals surface area contributed by atoms with Gasteiger partial charge in [-0.25, -0.2) is 0 Å². The molecule has 232 valence electrons. The van der Waals surface area contributed by atoms with Crippen LogP contribution in [0, 0.1) is 6.92 Å². The normalized spacial score (nSPS) is 20.6. The van der Waals surface area contributed by atoms with Crippen LogP contribution in [0.25, 0.3) is 65.3 Å². The van der Waals surface area contributed by atoms with Gasteiger partial charge in [-0.3, -0.25) is 0 Å². The Kier molecular flexibility index (Phi) is 5.78. The quantitative estimate of drug-likeness (QED) is 0.178. The van der Waals surface area contributed by atoms with E-state index in [0.29, 0.717) is 0 Å². The highest BCUT2D eigenvalue weighted by molar-refractivity contribution is 6.28. The first-order chi connectivity index (χ1) is 23.5. The summed E-state index contributed by atoms with van der Waals surface area (Å²) in [5, 5.41) is 10.6. The molecule has 1 aliphatic carbocycles. The lowest BCUT2D eigenvalue weighted by atomic mass is 9.61. The molecule has 1 heteroatoms. The van der Waals surface area contributed by atoms with Crippen LogP contribution in [-0.4, -0.2) is 5.54 Å². The Morgan fingerprint density at radius 1 is 0.521 bits per heavy atom. The first-order valence-corrected chi connectivity index (χ1v) is 17.7. The van der Waals surface area contributed by atoms with E-state index in [0.717, 1.165) is 0 Å². The number of nitrogens with zero attached hydrogens (tertiary/aromatic N) is 1. The van der Waals surface area contributed by atoms with E-state index in [4.69, 9.17) is 0 Å². The van der Waals surface area contributed by atoms with Gasteiger partial charge in [-0.1, -0.05) is 129 Å². The molecule has 10 rings (SSSR count). The van der Waals surface area contributed by atoms with Crippen molar-refractivity contribution in [2.75, 3.05) is 4.90 Å². The lowest BCUT2D eigenvalue weighted by molar-refractivity contribution is 0.195. The van der Waals surface area contributed by atoms with Crippen molar-refractivity contribution in [1.82, 2.24) is 0 Å². The second-order valence-electron chi connectivity index (χ2n) is 14.8. The third-order valence-electron chi connectivity index (χ3n) is 12.5. The summed E-state index contributed by atoms with van der Waals surface area (Å²) in [5.74, 6) is 0. The predicted molar refractivity (Wildman–Crippen MR) is 206 cm³/mol. The average molecular weight is 618 g/mol. The van der Waals surface area contributed by atoms with Crippen LogP contribution in [0.1, 0.15) is 50.7 Å². The molecule has 48 heavy (non-hydrogen) atoms. The topological polar surface area (TPSA) is 3.24 Å². The van der Waals surface area contributed by atoms with Crippen molar-refractivity contribution in [2.24, 2.45) is 0 Å². The number of hydrogen-bond donors (Lipinski definition) is 0. The number of aryl methyl sites for hydroxylation is 1. The molecule has 0 radical (unpaired) electrons. The summed E-state index contributed by atoms with van der Waals surface area (Å²) in [4.78, 5) is 2.71. The molecule has 0 spiro atoms. The molecule has 1 heterocycles. The molecule has 1 saturated carbocycles. The zero-order chi connectivity index (χ0) is 32.2. The van der Waals surface area contributed by atoms with E-state index in [1.54, 1.807) is 0 Å². The summed E-state index contributed by atoms with van der Waals surface area (Å²) in [7, 11) is 0. The first-order valence-electron chi connectivity index (χ1n) is 17.7. The fourth-order valence-electron chi connectivity index (χ4n) is 9.91. The zero-order valence-corrected chi connectivity index (χ0v) is 28.0. The van der Waals surface area contributed by atoms with Crippen molar-refractivity contribution in [3.8, 4) is 22.3 Å². The number of hydrogen-bond acceptors (Lipinski definition) is 1. The van der Waals surface area contributed by atoms with Crippen molar-refractivity contribution in [3.05, 3.63) is 145 Å². The smallest absolute Gasteiger partial charge is 0.0518 e.